The Morgan fingerprint density at radius 1 is 1.28 bits per heavy atom. The van der Waals surface area contributed by atoms with E-state index in [9.17, 15) is 0 Å². The molecule has 4 rings (SSSR count). The topological polar surface area (TPSA) is 52.7 Å². The molecule has 4 heteroatoms. The normalized spacial score (nSPS) is 20.8. The zero-order valence-corrected chi connectivity index (χ0v) is 10.2. The van der Waals surface area contributed by atoms with Crippen LogP contribution in [0.5, 0.6) is 0 Å². The minimum Gasteiger partial charge on any atom is -0.364 e. The van der Waals surface area contributed by atoms with E-state index in [2.05, 4.69) is 45.1 Å². The Balaban J connectivity index is 1.67. The summed E-state index contributed by atoms with van der Waals surface area (Å²) in [5.74, 6) is 1.04. The Labute approximate surface area is 106 Å². The molecule has 92 valence electrons. The number of anilines is 1. The van der Waals surface area contributed by atoms with E-state index in [0.29, 0.717) is 6.04 Å². The fourth-order valence-corrected chi connectivity index (χ4v) is 2.96. The second-order valence-electron chi connectivity index (χ2n) is 5.09. The van der Waals surface area contributed by atoms with Crippen LogP contribution in [-0.4, -0.2) is 29.3 Å². The van der Waals surface area contributed by atoms with Crippen LogP contribution in [0.4, 0.5) is 5.82 Å². The molecule has 2 aliphatic rings. The van der Waals surface area contributed by atoms with Gasteiger partial charge >= 0.3 is 0 Å². The summed E-state index contributed by atoms with van der Waals surface area (Å²) >= 11 is 0. The monoisotopic (exact) mass is 240 g/mol. The summed E-state index contributed by atoms with van der Waals surface area (Å²) in [6.07, 6.45) is 2.17. The van der Waals surface area contributed by atoms with E-state index < -0.39 is 0 Å². The predicted octanol–water partition coefficient (Wildman–Crippen LogP) is 1.75. The number of benzene rings is 1. The van der Waals surface area contributed by atoms with Gasteiger partial charge in [0.1, 0.15) is 0 Å². The highest BCUT2D eigenvalue weighted by Crippen LogP contribution is 2.38. The molecule has 0 spiro atoms. The number of hydrogen-bond donors (Lipinski definition) is 3. The number of hydrogen-bond acceptors (Lipinski definition) is 3. The highest BCUT2D eigenvalue weighted by Gasteiger charge is 2.25. The van der Waals surface area contributed by atoms with Gasteiger partial charge in [0, 0.05) is 30.1 Å². The van der Waals surface area contributed by atoms with E-state index in [-0.39, 0.29) is 0 Å². The Bertz CT molecular complexity index is 581. The molecule has 1 unspecified atom stereocenters. The lowest BCUT2D eigenvalue weighted by Crippen LogP contribution is -2.22. The van der Waals surface area contributed by atoms with Crippen molar-refractivity contribution in [2.75, 3.05) is 18.4 Å². The fraction of sp³-hybridized carbons (Fsp3) is 0.357. The van der Waals surface area contributed by atoms with Crippen LogP contribution in [0.25, 0.3) is 11.3 Å². The third kappa shape index (κ3) is 1.46. The third-order valence-electron chi connectivity index (χ3n) is 3.92. The lowest BCUT2D eigenvalue weighted by molar-refractivity contribution is 0.784. The van der Waals surface area contributed by atoms with Gasteiger partial charge in [-0.15, -0.1) is 0 Å². The van der Waals surface area contributed by atoms with Crippen LogP contribution in [0.2, 0.25) is 0 Å². The summed E-state index contributed by atoms with van der Waals surface area (Å²) in [6, 6.07) is 9.07. The minimum atomic E-state index is 0.515. The van der Waals surface area contributed by atoms with Gasteiger partial charge < -0.3 is 10.6 Å². The first kappa shape index (κ1) is 10.1. The maximum atomic E-state index is 4.44. The average Bonchev–Trinajstić information content (AvgIpc) is 3.08. The van der Waals surface area contributed by atoms with E-state index in [1.165, 1.54) is 28.8 Å². The first-order valence-corrected chi connectivity index (χ1v) is 6.54. The van der Waals surface area contributed by atoms with Crippen LogP contribution in [-0.2, 0) is 6.42 Å². The number of fused-ring (bicyclic) bond motifs is 3. The molecule has 0 bridgehead atoms. The molecule has 0 radical (unpaired) electrons. The number of H-pyrrole nitrogens is 1. The lowest BCUT2D eigenvalue weighted by atomic mass is 10.1. The molecule has 0 amide bonds. The van der Waals surface area contributed by atoms with Crippen LogP contribution in [0.15, 0.2) is 24.3 Å². The Morgan fingerprint density at radius 2 is 2.22 bits per heavy atom. The van der Waals surface area contributed by atoms with Crippen molar-refractivity contribution in [2.24, 2.45) is 0 Å². The van der Waals surface area contributed by atoms with Crippen molar-refractivity contribution in [3.8, 4) is 11.3 Å². The summed E-state index contributed by atoms with van der Waals surface area (Å²) in [4.78, 5) is 0. The summed E-state index contributed by atoms with van der Waals surface area (Å²) in [5.41, 5.74) is 5.22. The molecule has 1 atom stereocenters. The quantitative estimate of drug-likeness (QED) is 0.639. The van der Waals surface area contributed by atoms with E-state index in [0.717, 1.165) is 25.3 Å². The molecule has 1 fully saturated rings. The Kier molecular flexibility index (Phi) is 2.17. The molecule has 2 heterocycles. The van der Waals surface area contributed by atoms with Crippen LogP contribution < -0.4 is 10.6 Å². The zero-order valence-electron chi connectivity index (χ0n) is 10.2. The van der Waals surface area contributed by atoms with Gasteiger partial charge in [0.2, 0.25) is 0 Å². The van der Waals surface area contributed by atoms with E-state index >= 15 is 0 Å². The maximum absolute atomic E-state index is 4.44. The predicted molar refractivity (Wildman–Crippen MR) is 71.7 cm³/mol. The standard InChI is InChI=1S/C14H16N4/c1-2-4-11-9(3-1)7-12-13(11)17-18-14(12)16-10-5-6-15-8-10/h1-4,10,15H,5-8H2,(H2,16,17,18). The average molecular weight is 240 g/mol. The SMILES string of the molecule is c1ccc2c(c1)Cc1c(NC3CCNC3)n[nH]c1-2. The van der Waals surface area contributed by atoms with Crippen molar-refractivity contribution in [3.05, 3.63) is 35.4 Å². The number of nitrogens with zero attached hydrogens (tertiary/aromatic N) is 1. The molecule has 3 N–H and O–H groups in total. The molecule has 1 saturated heterocycles. The fourth-order valence-electron chi connectivity index (χ4n) is 2.96. The lowest BCUT2D eigenvalue weighted by Gasteiger charge is -2.10. The first-order valence-electron chi connectivity index (χ1n) is 6.54. The molecule has 1 aromatic carbocycles. The third-order valence-corrected chi connectivity index (χ3v) is 3.92. The second kappa shape index (κ2) is 3.85. The number of rotatable bonds is 2. The van der Waals surface area contributed by atoms with Crippen molar-refractivity contribution >= 4 is 5.82 Å². The molecular formula is C14H16N4. The van der Waals surface area contributed by atoms with Crippen LogP contribution in [0.3, 0.4) is 0 Å². The summed E-state index contributed by atoms with van der Waals surface area (Å²) in [7, 11) is 0. The van der Waals surface area contributed by atoms with Gasteiger partial charge in [-0.25, -0.2) is 0 Å². The van der Waals surface area contributed by atoms with Gasteiger partial charge in [-0.3, -0.25) is 5.10 Å². The van der Waals surface area contributed by atoms with Crippen molar-refractivity contribution in [1.29, 1.82) is 0 Å². The van der Waals surface area contributed by atoms with Gasteiger partial charge in [0.05, 0.1) is 5.69 Å². The number of aromatic nitrogens is 2. The summed E-state index contributed by atoms with van der Waals surface area (Å²) in [5, 5.41) is 14.5. The van der Waals surface area contributed by atoms with Gasteiger partial charge in [-0.1, -0.05) is 24.3 Å². The minimum absolute atomic E-state index is 0.515. The number of nitrogens with one attached hydrogen (secondary N) is 3. The molecule has 1 aliphatic carbocycles. The molecular weight excluding hydrogens is 224 g/mol. The van der Waals surface area contributed by atoms with E-state index in [1.807, 2.05) is 0 Å². The molecule has 1 aliphatic heterocycles. The largest absolute Gasteiger partial charge is 0.364 e. The van der Waals surface area contributed by atoms with Crippen molar-refractivity contribution in [2.45, 2.75) is 18.9 Å². The molecule has 18 heavy (non-hydrogen) atoms. The van der Waals surface area contributed by atoms with Gasteiger partial charge in [0.15, 0.2) is 5.82 Å². The molecule has 1 aromatic heterocycles. The molecule has 0 saturated carbocycles. The number of aromatic amines is 1. The molecule has 4 nitrogen and oxygen atoms in total. The zero-order chi connectivity index (χ0) is 11.9. The summed E-state index contributed by atoms with van der Waals surface area (Å²) in [6.45, 7) is 2.14. The first-order chi connectivity index (χ1) is 8.92. The van der Waals surface area contributed by atoms with E-state index in [1.54, 1.807) is 0 Å². The van der Waals surface area contributed by atoms with Gasteiger partial charge in [0.25, 0.3) is 0 Å². The van der Waals surface area contributed by atoms with Crippen molar-refractivity contribution in [3.63, 3.8) is 0 Å². The van der Waals surface area contributed by atoms with Crippen LogP contribution in [0, 0.1) is 0 Å². The van der Waals surface area contributed by atoms with Crippen molar-refractivity contribution < 1.29 is 0 Å². The maximum Gasteiger partial charge on any atom is 0.152 e. The molecule has 2 aromatic rings. The second-order valence-corrected chi connectivity index (χ2v) is 5.09. The summed E-state index contributed by atoms with van der Waals surface area (Å²) < 4.78 is 0. The van der Waals surface area contributed by atoms with Crippen LogP contribution in [0.1, 0.15) is 17.5 Å². The highest BCUT2D eigenvalue weighted by molar-refractivity contribution is 5.78. The van der Waals surface area contributed by atoms with Crippen LogP contribution >= 0.6 is 0 Å². The van der Waals surface area contributed by atoms with Crippen molar-refractivity contribution in [1.82, 2.24) is 15.5 Å². The highest BCUT2D eigenvalue weighted by atomic mass is 15.2. The smallest absolute Gasteiger partial charge is 0.152 e. The van der Waals surface area contributed by atoms with Gasteiger partial charge in [-0.2, -0.15) is 5.10 Å². The van der Waals surface area contributed by atoms with Gasteiger partial charge in [-0.05, 0) is 18.5 Å². The van der Waals surface area contributed by atoms with E-state index in [4.69, 9.17) is 0 Å². The Hall–Kier alpha value is -1.81. The Morgan fingerprint density at radius 3 is 3.11 bits per heavy atom.